The first-order valence-corrected chi connectivity index (χ1v) is 16.6. The first-order valence-electron chi connectivity index (χ1n) is 12.0. The van der Waals surface area contributed by atoms with Crippen LogP contribution in [0.3, 0.4) is 0 Å². The van der Waals surface area contributed by atoms with Gasteiger partial charge in [0.05, 0.1) is 20.2 Å². The van der Waals surface area contributed by atoms with Crippen LogP contribution in [0, 0.1) is 34.6 Å². The van der Waals surface area contributed by atoms with Crippen molar-refractivity contribution in [2.75, 3.05) is 0 Å². The summed E-state index contributed by atoms with van der Waals surface area (Å²) in [4.78, 5) is 0. The van der Waals surface area contributed by atoms with Crippen molar-refractivity contribution in [1.82, 2.24) is 0 Å². The Labute approximate surface area is 203 Å². The van der Waals surface area contributed by atoms with Gasteiger partial charge in [0, 0.05) is 6.08 Å². The van der Waals surface area contributed by atoms with Crippen molar-refractivity contribution in [3.63, 3.8) is 0 Å². The van der Waals surface area contributed by atoms with Crippen LogP contribution in [0.25, 0.3) is 0 Å². The van der Waals surface area contributed by atoms with Gasteiger partial charge in [-0.2, -0.15) is 10.5 Å². The van der Waals surface area contributed by atoms with E-state index in [1.165, 1.54) is 13.8 Å². The first-order chi connectivity index (χ1) is 14.3. The number of terminal acetylenes is 1. The summed E-state index contributed by atoms with van der Waals surface area (Å²) in [6, 6.07) is 3.80. The molecule has 0 saturated heterocycles. The number of hydrogen-bond acceptors (Lipinski definition) is 3. The molecular weight excluding hydrogens is 424 g/mol. The summed E-state index contributed by atoms with van der Waals surface area (Å²) in [6.07, 6.45) is 7.42. The summed E-state index contributed by atoms with van der Waals surface area (Å²) in [5.41, 5.74) is 8.44. The number of allylic oxidation sites excluding steroid dienone is 1. The topological polar surface area (TPSA) is 67.8 Å². The van der Waals surface area contributed by atoms with Crippen molar-refractivity contribution in [1.29, 1.82) is 10.5 Å². The second-order valence-corrected chi connectivity index (χ2v) is 22.6. The molecule has 0 rings (SSSR count). The van der Waals surface area contributed by atoms with Crippen LogP contribution in [-0.2, 0) is 0 Å². The standard InChI is InChI=1S/C12H23NSi.C11H22Si.C4H7NO/c1-10(2)14(11(3)4,12(5)6)9-7-8-13;1-8-12(9(2)3,10(4)5)11(6)7;1-4(2,6)3-5/h7,9-12H,1-6H3;1,9-11H,2-7H3;6H,1-2H3/b9-7+;;. The molecule has 3 nitrogen and oxygen atoms in total. The molecule has 1 N–H and O–H groups in total. The highest BCUT2D eigenvalue weighted by molar-refractivity contribution is 6.90. The van der Waals surface area contributed by atoms with E-state index in [0.717, 1.165) is 0 Å². The fourth-order valence-corrected chi connectivity index (χ4v) is 15.8. The van der Waals surface area contributed by atoms with Crippen molar-refractivity contribution in [3.8, 4) is 24.1 Å². The van der Waals surface area contributed by atoms with Crippen LogP contribution in [0.5, 0.6) is 0 Å². The van der Waals surface area contributed by atoms with Crippen molar-refractivity contribution >= 4 is 16.1 Å². The van der Waals surface area contributed by atoms with Crippen molar-refractivity contribution in [2.24, 2.45) is 0 Å². The van der Waals surface area contributed by atoms with Crippen LogP contribution in [0.15, 0.2) is 11.8 Å². The van der Waals surface area contributed by atoms with Crippen LogP contribution in [0.4, 0.5) is 0 Å². The number of hydrogen-bond donors (Lipinski definition) is 1. The fraction of sp³-hybridized carbons (Fsp3) is 0.778. The van der Waals surface area contributed by atoms with Gasteiger partial charge in [-0.05, 0) is 47.1 Å². The molecule has 0 atom stereocenters. The molecule has 0 radical (unpaired) electrons. The second kappa shape index (κ2) is 15.5. The molecule has 0 spiro atoms. The lowest BCUT2D eigenvalue weighted by atomic mass is 10.2. The molecule has 0 aliphatic heterocycles. The van der Waals surface area contributed by atoms with Gasteiger partial charge < -0.3 is 5.11 Å². The Morgan fingerprint density at radius 2 is 1.00 bits per heavy atom. The van der Waals surface area contributed by atoms with Gasteiger partial charge >= 0.3 is 0 Å². The zero-order valence-corrected chi connectivity index (χ0v) is 25.5. The van der Waals surface area contributed by atoms with Crippen LogP contribution < -0.4 is 0 Å². The highest BCUT2D eigenvalue weighted by atomic mass is 28.3. The Balaban J connectivity index is -0.000000425. The maximum Gasteiger partial charge on any atom is 0.145 e. The molecule has 0 bridgehead atoms. The quantitative estimate of drug-likeness (QED) is 0.173. The number of nitrogens with zero attached hydrogens (tertiary/aromatic N) is 2. The van der Waals surface area contributed by atoms with E-state index in [1.807, 2.05) is 0 Å². The minimum absolute atomic E-state index is 0.697. The average molecular weight is 477 g/mol. The molecule has 0 fully saturated rings. The first kappa shape index (κ1) is 35.3. The summed E-state index contributed by atoms with van der Waals surface area (Å²) < 4.78 is 0. The molecule has 0 aromatic heterocycles. The Morgan fingerprint density at radius 1 is 0.719 bits per heavy atom. The number of aliphatic hydroxyl groups is 1. The number of nitriles is 2. The Hall–Kier alpha value is -1.33. The van der Waals surface area contributed by atoms with Gasteiger partial charge in [0.1, 0.15) is 13.7 Å². The molecular formula is C27H52N2OSi2. The van der Waals surface area contributed by atoms with Gasteiger partial charge in [0.2, 0.25) is 0 Å². The third kappa shape index (κ3) is 10.5. The van der Waals surface area contributed by atoms with E-state index in [2.05, 4.69) is 100 Å². The monoisotopic (exact) mass is 476 g/mol. The van der Waals surface area contributed by atoms with Gasteiger partial charge in [0.15, 0.2) is 0 Å². The van der Waals surface area contributed by atoms with Gasteiger partial charge in [-0.3, -0.25) is 0 Å². The van der Waals surface area contributed by atoms with E-state index in [-0.39, 0.29) is 0 Å². The lowest BCUT2D eigenvalue weighted by molar-refractivity contribution is 0.141. The maximum atomic E-state index is 8.66. The third-order valence-electron chi connectivity index (χ3n) is 6.84. The molecule has 0 aliphatic carbocycles. The zero-order chi connectivity index (χ0) is 26.5. The number of rotatable bonds is 7. The molecule has 0 aromatic carbocycles. The van der Waals surface area contributed by atoms with E-state index in [4.69, 9.17) is 22.1 Å². The Morgan fingerprint density at radius 3 is 1.09 bits per heavy atom. The van der Waals surface area contributed by atoms with Gasteiger partial charge in [0.25, 0.3) is 0 Å². The maximum absolute atomic E-state index is 8.66. The average Bonchev–Trinajstić information content (AvgIpc) is 2.62. The predicted octanol–water partition coefficient (Wildman–Crippen LogP) is 8.40. The summed E-state index contributed by atoms with van der Waals surface area (Å²) in [7, 11) is -2.93. The molecule has 32 heavy (non-hydrogen) atoms. The van der Waals surface area contributed by atoms with Gasteiger partial charge in [-0.1, -0.05) is 88.8 Å². The lowest BCUT2D eigenvalue weighted by Crippen LogP contribution is -2.43. The van der Waals surface area contributed by atoms with E-state index in [1.54, 1.807) is 12.1 Å². The highest BCUT2D eigenvalue weighted by Crippen LogP contribution is 2.42. The molecule has 0 amide bonds. The predicted molar refractivity (Wildman–Crippen MR) is 148 cm³/mol. The van der Waals surface area contributed by atoms with Crippen LogP contribution in [-0.4, -0.2) is 26.9 Å². The molecule has 0 heterocycles. The molecule has 0 unspecified atom stereocenters. The third-order valence-corrected chi connectivity index (χ3v) is 19.8. The SMILES string of the molecule is C#C[Si](C(C)C)(C(C)C)C(C)C.CC(C)(O)C#N.CC(C)[Si](/C=C/C#N)(C(C)C)C(C)C. The van der Waals surface area contributed by atoms with Crippen molar-refractivity contribution < 1.29 is 5.11 Å². The van der Waals surface area contributed by atoms with E-state index >= 15 is 0 Å². The summed E-state index contributed by atoms with van der Waals surface area (Å²) in [6.45, 7) is 30.4. The van der Waals surface area contributed by atoms with Crippen LogP contribution in [0.2, 0.25) is 33.2 Å². The smallest absolute Gasteiger partial charge is 0.145 e. The van der Waals surface area contributed by atoms with Crippen LogP contribution in [0.1, 0.15) is 96.9 Å². The van der Waals surface area contributed by atoms with Crippen LogP contribution >= 0.6 is 0 Å². The minimum atomic E-state index is -1.47. The highest BCUT2D eigenvalue weighted by Gasteiger charge is 2.41. The molecule has 5 heteroatoms. The van der Waals surface area contributed by atoms with E-state index in [0.29, 0.717) is 33.2 Å². The summed E-state index contributed by atoms with van der Waals surface area (Å²) in [5, 5.41) is 25.0. The molecule has 0 saturated carbocycles. The van der Waals surface area contributed by atoms with Crippen molar-refractivity contribution in [3.05, 3.63) is 11.8 Å². The normalized spacial score (nSPS) is 12.4. The van der Waals surface area contributed by atoms with Crippen molar-refractivity contribution in [2.45, 2.75) is 136 Å². The van der Waals surface area contributed by atoms with E-state index in [9.17, 15) is 0 Å². The van der Waals surface area contributed by atoms with E-state index < -0.39 is 21.7 Å². The zero-order valence-electron chi connectivity index (χ0n) is 23.5. The Kier molecular flexibility index (Phi) is 17.1. The minimum Gasteiger partial charge on any atom is -0.376 e. The van der Waals surface area contributed by atoms with Gasteiger partial charge in [-0.15, -0.1) is 12.0 Å². The molecule has 0 aliphatic rings. The lowest BCUT2D eigenvalue weighted by Gasteiger charge is -2.40. The summed E-state index contributed by atoms with van der Waals surface area (Å²) in [5.74, 6) is 0. The summed E-state index contributed by atoms with van der Waals surface area (Å²) >= 11 is 0. The molecule has 184 valence electrons. The largest absolute Gasteiger partial charge is 0.376 e. The fourth-order valence-electron chi connectivity index (χ4n) is 5.26. The second-order valence-electron chi connectivity index (χ2n) is 11.1. The van der Waals surface area contributed by atoms with Gasteiger partial charge in [-0.25, -0.2) is 0 Å². The molecule has 0 aromatic rings. The Bertz CT molecular complexity index is 620.